The monoisotopic (exact) mass is 355 g/mol. The zero-order valence-electron chi connectivity index (χ0n) is 14.0. The summed E-state index contributed by atoms with van der Waals surface area (Å²) >= 11 is 0. The summed E-state index contributed by atoms with van der Waals surface area (Å²) in [6.45, 7) is 5.11. The number of hydrogen-bond donors (Lipinski definition) is 2. The molecular weight excluding hydrogens is 334 g/mol. The molecule has 1 unspecified atom stereocenters. The maximum Gasteiger partial charge on any atom is 0.265 e. The van der Waals surface area contributed by atoms with Gasteiger partial charge >= 0.3 is 0 Å². The average Bonchev–Trinajstić information content (AvgIpc) is 2.48. The van der Waals surface area contributed by atoms with Gasteiger partial charge in [-0.1, -0.05) is 0 Å². The van der Waals surface area contributed by atoms with Crippen LogP contribution in [0.5, 0.6) is 5.75 Å². The van der Waals surface area contributed by atoms with Crippen molar-refractivity contribution in [3.8, 4) is 5.75 Å². The van der Waals surface area contributed by atoms with E-state index in [2.05, 4.69) is 10.6 Å². The lowest BCUT2D eigenvalue weighted by Gasteiger charge is -2.25. The molecule has 0 spiro atoms. The Morgan fingerprint density at radius 3 is 2.71 bits per heavy atom. The predicted molar refractivity (Wildman–Crippen MR) is 88.4 cm³/mol. The van der Waals surface area contributed by atoms with Crippen LogP contribution in [0.2, 0.25) is 0 Å². The van der Waals surface area contributed by atoms with Crippen molar-refractivity contribution in [3.63, 3.8) is 0 Å². The van der Waals surface area contributed by atoms with Crippen LogP contribution in [0, 0.1) is 6.92 Å². The van der Waals surface area contributed by atoms with E-state index in [1.165, 1.54) is 13.1 Å². The number of carbonyl (C=O) groups excluding carboxylic acids is 2. The Hall–Kier alpha value is -2.13. The van der Waals surface area contributed by atoms with Crippen LogP contribution < -0.4 is 15.4 Å². The molecule has 0 saturated heterocycles. The molecule has 1 atom stereocenters. The number of aryl methyl sites for hydroxylation is 1. The van der Waals surface area contributed by atoms with Crippen LogP contribution >= 0.6 is 0 Å². The third-order valence-corrected chi connectivity index (χ3v) is 5.58. The summed E-state index contributed by atoms with van der Waals surface area (Å²) in [5.74, 6) is -0.375. The predicted octanol–water partition coefficient (Wildman–Crippen LogP) is 0.471. The zero-order valence-corrected chi connectivity index (χ0v) is 14.9. The third kappa shape index (κ3) is 3.51. The van der Waals surface area contributed by atoms with E-state index in [0.717, 1.165) is 4.31 Å². The molecule has 8 nitrogen and oxygen atoms in total. The summed E-state index contributed by atoms with van der Waals surface area (Å²) in [7, 11) is -2.53. The van der Waals surface area contributed by atoms with E-state index in [4.69, 9.17) is 4.74 Å². The second-order valence-electron chi connectivity index (χ2n) is 5.58. The van der Waals surface area contributed by atoms with Gasteiger partial charge in [0.25, 0.3) is 5.91 Å². The highest BCUT2D eigenvalue weighted by Gasteiger charge is 2.29. The standard InChI is InChI=1S/C15H21N3O5S/c1-5-16-14(19)8-18(4)24(21,22)13-7-12-11(6-9(13)2)17-15(20)10(3)23-12/h6-7,10H,5,8H2,1-4H3,(H,16,19)(H,17,20). The maximum atomic E-state index is 12.7. The van der Waals surface area contributed by atoms with Crippen LogP contribution in [0.15, 0.2) is 17.0 Å². The van der Waals surface area contributed by atoms with Gasteiger partial charge in [-0.3, -0.25) is 9.59 Å². The Morgan fingerprint density at radius 1 is 1.42 bits per heavy atom. The molecule has 1 aliphatic rings. The minimum Gasteiger partial charge on any atom is -0.479 e. The Labute approximate surface area is 141 Å². The van der Waals surface area contributed by atoms with Gasteiger partial charge in [-0.05, 0) is 32.4 Å². The molecule has 0 saturated carbocycles. The van der Waals surface area contributed by atoms with Crippen LogP contribution in [0.1, 0.15) is 19.4 Å². The summed E-state index contributed by atoms with van der Waals surface area (Å²) < 4.78 is 31.9. The molecule has 0 aromatic heterocycles. The Bertz CT molecular complexity index is 776. The van der Waals surface area contributed by atoms with Gasteiger partial charge in [0.15, 0.2) is 6.10 Å². The van der Waals surface area contributed by atoms with E-state index < -0.39 is 16.1 Å². The van der Waals surface area contributed by atoms with Crippen molar-refractivity contribution in [2.24, 2.45) is 0 Å². The topological polar surface area (TPSA) is 105 Å². The molecule has 1 aliphatic heterocycles. The summed E-state index contributed by atoms with van der Waals surface area (Å²) in [6.07, 6.45) is -0.705. The summed E-state index contributed by atoms with van der Waals surface area (Å²) in [5.41, 5.74) is 0.885. The van der Waals surface area contributed by atoms with Crippen molar-refractivity contribution in [1.82, 2.24) is 9.62 Å². The van der Waals surface area contributed by atoms with Crippen molar-refractivity contribution in [2.75, 3.05) is 25.5 Å². The molecule has 24 heavy (non-hydrogen) atoms. The van der Waals surface area contributed by atoms with Crippen LogP contribution in [0.4, 0.5) is 5.69 Å². The number of nitrogens with zero attached hydrogens (tertiary/aromatic N) is 1. The maximum absolute atomic E-state index is 12.7. The molecule has 0 bridgehead atoms. The van der Waals surface area contributed by atoms with Crippen LogP contribution in [-0.4, -0.2) is 50.8 Å². The number of ether oxygens (including phenoxy) is 1. The fraction of sp³-hybridized carbons (Fsp3) is 0.467. The normalized spacial score (nSPS) is 17.0. The number of rotatable bonds is 5. The van der Waals surface area contributed by atoms with Gasteiger partial charge in [-0.15, -0.1) is 0 Å². The average molecular weight is 355 g/mol. The van der Waals surface area contributed by atoms with Crippen molar-refractivity contribution in [1.29, 1.82) is 0 Å². The molecule has 2 amide bonds. The number of nitrogens with one attached hydrogen (secondary N) is 2. The van der Waals surface area contributed by atoms with Gasteiger partial charge in [0.05, 0.1) is 17.1 Å². The second kappa shape index (κ2) is 6.78. The first-order valence-corrected chi connectivity index (χ1v) is 8.96. The molecule has 1 heterocycles. The lowest BCUT2D eigenvalue weighted by Crippen LogP contribution is -2.38. The number of benzene rings is 1. The molecule has 1 aromatic carbocycles. The Kier molecular flexibility index (Phi) is 5.14. The third-order valence-electron chi connectivity index (χ3n) is 3.64. The zero-order chi connectivity index (χ0) is 18.1. The number of anilines is 1. The minimum absolute atomic E-state index is 0.0383. The SMILES string of the molecule is CCNC(=O)CN(C)S(=O)(=O)c1cc2c(cc1C)NC(=O)C(C)O2. The van der Waals surface area contributed by atoms with Crippen molar-refractivity contribution < 1.29 is 22.7 Å². The first-order chi connectivity index (χ1) is 11.2. The molecular formula is C15H21N3O5S. The van der Waals surface area contributed by atoms with E-state index in [0.29, 0.717) is 17.8 Å². The summed E-state index contributed by atoms with van der Waals surface area (Å²) in [6, 6.07) is 2.93. The number of carbonyl (C=O) groups is 2. The number of fused-ring (bicyclic) bond motifs is 1. The number of hydrogen-bond acceptors (Lipinski definition) is 5. The van der Waals surface area contributed by atoms with E-state index in [9.17, 15) is 18.0 Å². The second-order valence-corrected chi connectivity index (χ2v) is 7.59. The quantitative estimate of drug-likeness (QED) is 0.799. The smallest absolute Gasteiger partial charge is 0.265 e. The van der Waals surface area contributed by atoms with Gasteiger partial charge in [-0.25, -0.2) is 8.42 Å². The summed E-state index contributed by atoms with van der Waals surface area (Å²) in [5, 5.41) is 5.23. The lowest BCUT2D eigenvalue weighted by atomic mass is 10.1. The first-order valence-electron chi connectivity index (χ1n) is 7.52. The van der Waals surface area contributed by atoms with Crippen molar-refractivity contribution >= 4 is 27.5 Å². The molecule has 0 aliphatic carbocycles. The van der Waals surface area contributed by atoms with E-state index in [1.54, 1.807) is 26.8 Å². The minimum atomic E-state index is -3.87. The number of sulfonamides is 1. The van der Waals surface area contributed by atoms with E-state index >= 15 is 0 Å². The van der Waals surface area contributed by atoms with Crippen LogP contribution in [-0.2, 0) is 19.6 Å². The highest BCUT2D eigenvalue weighted by atomic mass is 32.2. The van der Waals surface area contributed by atoms with Crippen LogP contribution in [0.25, 0.3) is 0 Å². The van der Waals surface area contributed by atoms with Crippen molar-refractivity contribution in [3.05, 3.63) is 17.7 Å². The molecule has 0 radical (unpaired) electrons. The van der Waals surface area contributed by atoms with Gasteiger partial charge in [0.1, 0.15) is 5.75 Å². The molecule has 1 aromatic rings. The molecule has 0 fully saturated rings. The molecule has 2 rings (SSSR count). The Balaban J connectivity index is 2.36. The van der Waals surface area contributed by atoms with Crippen molar-refractivity contribution in [2.45, 2.75) is 31.8 Å². The fourth-order valence-corrected chi connectivity index (χ4v) is 3.67. The number of likely N-dealkylation sites (N-methyl/N-ethyl adjacent to an activating group) is 2. The number of amides is 2. The highest BCUT2D eigenvalue weighted by Crippen LogP contribution is 2.35. The fourth-order valence-electron chi connectivity index (χ4n) is 2.33. The Morgan fingerprint density at radius 2 is 2.08 bits per heavy atom. The van der Waals surface area contributed by atoms with E-state index in [1.807, 2.05) is 0 Å². The largest absolute Gasteiger partial charge is 0.479 e. The van der Waals surface area contributed by atoms with Gasteiger partial charge in [0.2, 0.25) is 15.9 Å². The molecule has 9 heteroatoms. The van der Waals surface area contributed by atoms with Gasteiger partial charge in [-0.2, -0.15) is 4.31 Å². The highest BCUT2D eigenvalue weighted by molar-refractivity contribution is 7.89. The lowest BCUT2D eigenvalue weighted by molar-refractivity contribution is -0.123. The van der Waals surface area contributed by atoms with Gasteiger partial charge in [0, 0.05) is 19.7 Å². The van der Waals surface area contributed by atoms with Crippen LogP contribution in [0.3, 0.4) is 0 Å². The summed E-state index contributed by atoms with van der Waals surface area (Å²) in [4.78, 5) is 23.3. The van der Waals surface area contributed by atoms with Gasteiger partial charge < -0.3 is 15.4 Å². The molecule has 132 valence electrons. The molecule has 2 N–H and O–H groups in total. The van der Waals surface area contributed by atoms with E-state index in [-0.39, 0.29) is 29.0 Å². The first kappa shape index (κ1) is 18.2.